The fraction of sp³-hybridized carbons (Fsp3) is 0.143. The summed E-state index contributed by atoms with van der Waals surface area (Å²) in [6, 6.07) is 13.5. The molecule has 2 aromatic carbocycles. The number of para-hydroxylation sites is 2. The SMILES string of the molecule is CC1C=C2C(=O)N=NC(c3cccc([N+](=O)[O-])c3Nc3ccccc3)=C2N(C)C1=O. The van der Waals surface area contributed by atoms with Crippen molar-refractivity contribution < 1.29 is 14.5 Å². The lowest BCUT2D eigenvalue weighted by Crippen LogP contribution is -2.37. The third-order valence-corrected chi connectivity index (χ3v) is 4.96. The van der Waals surface area contributed by atoms with E-state index in [2.05, 4.69) is 15.5 Å². The number of amides is 2. The van der Waals surface area contributed by atoms with Crippen LogP contribution in [-0.4, -0.2) is 28.7 Å². The monoisotopic (exact) mass is 403 g/mol. The molecule has 0 saturated carbocycles. The van der Waals surface area contributed by atoms with Gasteiger partial charge in [-0.25, -0.2) is 0 Å². The van der Waals surface area contributed by atoms with Gasteiger partial charge in [0.2, 0.25) is 5.91 Å². The van der Waals surface area contributed by atoms with Crippen molar-refractivity contribution in [2.75, 3.05) is 12.4 Å². The van der Waals surface area contributed by atoms with Crippen LogP contribution in [0, 0.1) is 16.0 Å². The van der Waals surface area contributed by atoms with Crippen molar-refractivity contribution in [3.8, 4) is 0 Å². The lowest BCUT2D eigenvalue weighted by atomic mass is 9.93. The van der Waals surface area contributed by atoms with Crippen LogP contribution in [0.3, 0.4) is 0 Å². The summed E-state index contributed by atoms with van der Waals surface area (Å²) in [4.78, 5) is 37.4. The number of anilines is 2. The minimum atomic E-state index is -0.553. The third-order valence-electron chi connectivity index (χ3n) is 4.96. The van der Waals surface area contributed by atoms with Gasteiger partial charge in [0.05, 0.1) is 22.1 Å². The first-order chi connectivity index (χ1) is 14.4. The van der Waals surface area contributed by atoms with Crippen LogP contribution >= 0.6 is 0 Å². The molecule has 1 N–H and O–H groups in total. The molecule has 0 saturated heterocycles. The Hall–Kier alpha value is -4.14. The minimum absolute atomic E-state index is 0.166. The van der Waals surface area contributed by atoms with E-state index >= 15 is 0 Å². The third kappa shape index (κ3) is 3.16. The van der Waals surface area contributed by atoms with Crippen LogP contribution in [0.1, 0.15) is 12.5 Å². The van der Waals surface area contributed by atoms with Gasteiger partial charge in [0.25, 0.3) is 11.6 Å². The summed E-state index contributed by atoms with van der Waals surface area (Å²) < 4.78 is 0. The number of nitro groups is 1. The maximum Gasteiger partial charge on any atom is 0.297 e. The Morgan fingerprint density at radius 2 is 1.80 bits per heavy atom. The molecule has 0 fully saturated rings. The summed E-state index contributed by atoms with van der Waals surface area (Å²) in [5, 5.41) is 22.5. The molecule has 2 aliphatic rings. The van der Waals surface area contributed by atoms with E-state index in [-0.39, 0.29) is 34.2 Å². The van der Waals surface area contributed by atoms with Gasteiger partial charge in [0.1, 0.15) is 11.4 Å². The molecule has 0 spiro atoms. The second-order valence-electron chi connectivity index (χ2n) is 6.92. The molecule has 9 nitrogen and oxygen atoms in total. The smallest absolute Gasteiger partial charge is 0.297 e. The summed E-state index contributed by atoms with van der Waals surface area (Å²) in [5.41, 5.74) is 1.79. The van der Waals surface area contributed by atoms with Crippen LogP contribution in [0.5, 0.6) is 0 Å². The molecule has 2 heterocycles. The highest BCUT2D eigenvalue weighted by molar-refractivity contribution is 6.07. The predicted molar refractivity (Wildman–Crippen MR) is 110 cm³/mol. The second-order valence-corrected chi connectivity index (χ2v) is 6.92. The Labute approximate surface area is 171 Å². The zero-order valence-corrected chi connectivity index (χ0v) is 16.2. The molecule has 0 radical (unpaired) electrons. The van der Waals surface area contributed by atoms with Crippen LogP contribution in [0.15, 0.2) is 76.1 Å². The van der Waals surface area contributed by atoms with E-state index in [1.807, 2.05) is 6.07 Å². The minimum Gasteiger partial charge on any atom is -0.349 e. The number of likely N-dealkylation sites (N-methyl/N-ethyl adjacent to an activating group) is 1. The van der Waals surface area contributed by atoms with Crippen LogP contribution in [0.4, 0.5) is 17.1 Å². The number of hydrogen-bond acceptors (Lipinski definition) is 6. The Morgan fingerprint density at radius 1 is 1.07 bits per heavy atom. The number of nitro benzene ring substituents is 1. The Morgan fingerprint density at radius 3 is 2.50 bits per heavy atom. The van der Waals surface area contributed by atoms with E-state index in [1.165, 1.54) is 17.0 Å². The molecule has 30 heavy (non-hydrogen) atoms. The highest BCUT2D eigenvalue weighted by Gasteiger charge is 2.37. The van der Waals surface area contributed by atoms with Crippen LogP contribution < -0.4 is 5.32 Å². The number of carbonyl (C=O) groups is 2. The van der Waals surface area contributed by atoms with Crippen molar-refractivity contribution in [3.63, 3.8) is 0 Å². The maximum atomic E-state index is 12.6. The lowest BCUT2D eigenvalue weighted by Gasteiger charge is -2.31. The first-order valence-corrected chi connectivity index (χ1v) is 9.18. The van der Waals surface area contributed by atoms with Crippen molar-refractivity contribution in [3.05, 3.63) is 81.6 Å². The molecular weight excluding hydrogens is 386 g/mol. The summed E-state index contributed by atoms with van der Waals surface area (Å²) in [5.74, 6) is -1.25. The molecule has 2 amide bonds. The van der Waals surface area contributed by atoms with Gasteiger partial charge in [-0.3, -0.25) is 19.7 Å². The van der Waals surface area contributed by atoms with Crippen molar-refractivity contribution in [1.82, 2.24) is 4.90 Å². The fourth-order valence-electron chi connectivity index (χ4n) is 3.52. The molecule has 2 aliphatic heterocycles. The van der Waals surface area contributed by atoms with E-state index in [9.17, 15) is 19.7 Å². The predicted octanol–water partition coefficient (Wildman–Crippen LogP) is 4.03. The van der Waals surface area contributed by atoms with Gasteiger partial charge < -0.3 is 10.2 Å². The second kappa shape index (κ2) is 7.36. The largest absolute Gasteiger partial charge is 0.349 e. The molecule has 1 atom stereocenters. The van der Waals surface area contributed by atoms with Gasteiger partial charge in [-0.1, -0.05) is 43.3 Å². The summed E-state index contributed by atoms with van der Waals surface area (Å²) >= 11 is 0. The lowest BCUT2D eigenvalue weighted by molar-refractivity contribution is -0.383. The standard InChI is InChI=1S/C21H17N5O4/c1-12-11-15-19(25(2)21(12)28)18(23-24-20(15)27)14-9-6-10-16(26(29)30)17(14)22-13-7-4-3-5-8-13/h3-12,22H,1-2H3. The molecule has 0 aliphatic carbocycles. The normalized spacial score (nSPS) is 18.3. The number of hydrogen-bond donors (Lipinski definition) is 1. The molecule has 4 rings (SSSR count). The molecule has 0 bridgehead atoms. The quantitative estimate of drug-likeness (QED) is 0.611. The number of fused-ring (bicyclic) bond motifs is 1. The van der Waals surface area contributed by atoms with Gasteiger partial charge >= 0.3 is 0 Å². The molecule has 1 unspecified atom stereocenters. The topological polar surface area (TPSA) is 117 Å². The van der Waals surface area contributed by atoms with E-state index < -0.39 is 16.7 Å². The summed E-state index contributed by atoms with van der Waals surface area (Å²) in [6.07, 6.45) is 1.56. The Balaban J connectivity index is 1.97. The average molecular weight is 403 g/mol. The molecule has 2 aromatic rings. The van der Waals surface area contributed by atoms with E-state index in [1.54, 1.807) is 50.4 Å². The number of rotatable bonds is 4. The van der Waals surface area contributed by atoms with Gasteiger partial charge in [0.15, 0.2) is 0 Å². The van der Waals surface area contributed by atoms with Gasteiger partial charge in [-0.2, -0.15) is 0 Å². The first-order valence-electron chi connectivity index (χ1n) is 9.18. The van der Waals surface area contributed by atoms with E-state index in [0.29, 0.717) is 11.3 Å². The summed E-state index contributed by atoms with van der Waals surface area (Å²) in [7, 11) is 1.55. The summed E-state index contributed by atoms with van der Waals surface area (Å²) in [6.45, 7) is 1.69. The number of nitrogens with zero attached hydrogens (tertiary/aromatic N) is 4. The van der Waals surface area contributed by atoms with Crippen LogP contribution in [0.25, 0.3) is 5.70 Å². The zero-order chi connectivity index (χ0) is 21.4. The Kier molecular flexibility index (Phi) is 4.71. The highest BCUT2D eigenvalue weighted by Crippen LogP contribution is 2.42. The highest BCUT2D eigenvalue weighted by atomic mass is 16.6. The number of carbonyl (C=O) groups excluding carboxylic acids is 2. The maximum absolute atomic E-state index is 12.6. The fourth-order valence-corrected chi connectivity index (χ4v) is 3.52. The van der Waals surface area contributed by atoms with Gasteiger partial charge in [-0.05, 0) is 12.1 Å². The molecular formula is C21H17N5O4. The van der Waals surface area contributed by atoms with E-state index in [4.69, 9.17) is 0 Å². The molecule has 9 heteroatoms. The first kappa shape index (κ1) is 19.2. The zero-order valence-electron chi connectivity index (χ0n) is 16.2. The average Bonchev–Trinajstić information content (AvgIpc) is 2.74. The van der Waals surface area contributed by atoms with Crippen molar-refractivity contribution in [2.45, 2.75) is 6.92 Å². The van der Waals surface area contributed by atoms with Gasteiger partial charge in [-0.15, -0.1) is 10.2 Å². The van der Waals surface area contributed by atoms with Crippen molar-refractivity contribution in [2.24, 2.45) is 16.1 Å². The van der Waals surface area contributed by atoms with E-state index in [0.717, 1.165) is 0 Å². The molecule has 0 aromatic heterocycles. The van der Waals surface area contributed by atoms with Crippen LogP contribution in [-0.2, 0) is 9.59 Å². The van der Waals surface area contributed by atoms with Crippen molar-refractivity contribution >= 4 is 34.6 Å². The number of nitrogens with one attached hydrogen (secondary N) is 1. The number of benzene rings is 2. The van der Waals surface area contributed by atoms with Gasteiger partial charge in [0, 0.05) is 24.4 Å². The van der Waals surface area contributed by atoms with Crippen LogP contribution in [0.2, 0.25) is 0 Å². The number of azo groups is 1. The van der Waals surface area contributed by atoms with Crippen molar-refractivity contribution in [1.29, 1.82) is 0 Å². The molecule has 150 valence electrons. The Bertz CT molecular complexity index is 1170.